The highest BCUT2D eigenvalue weighted by Crippen LogP contribution is 2.07. The van der Waals surface area contributed by atoms with E-state index in [0.717, 1.165) is 31.8 Å². The molecule has 17 heavy (non-hydrogen) atoms. The van der Waals surface area contributed by atoms with E-state index in [4.69, 9.17) is 5.11 Å². The van der Waals surface area contributed by atoms with Crippen molar-refractivity contribution >= 4 is 17.7 Å². The molecule has 0 bridgehead atoms. The van der Waals surface area contributed by atoms with Crippen LogP contribution in [0.15, 0.2) is 0 Å². The van der Waals surface area contributed by atoms with E-state index in [-0.39, 0.29) is 12.5 Å². The van der Waals surface area contributed by atoms with Crippen LogP contribution >= 0.6 is 11.8 Å². The van der Waals surface area contributed by atoms with Crippen LogP contribution in [0.5, 0.6) is 0 Å². The first-order valence-electron chi connectivity index (χ1n) is 6.39. The molecule has 0 aromatic carbocycles. The molecule has 1 unspecified atom stereocenters. The number of rotatable bonds is 10. The molecule has 1 atom stereocenters. The van der Waals surface area contributed by atoms with Crippen LogP contribution in [-0.4, -0.2) is 59.7 Å². The minimum absolute atomic E-state index is 0.197. The molecule has 0 aliphatic rings. The highest BCUT2D eigenvalue weighted by atomic mass is 32.2. The number of thioether (sulfide) groups is 1. The molecule has 0 aromatic heterocycles. The highest BCUT2D eigenvalue weighted by molar-refractivity contribution is 7.99. The average molecular weight is 262 g/mol. The molecule has 0 spiro atoms. The van der Waals surface area contributed by atoms with E-state index in [1.165, 1.54) is 0 Å². The van der Waals surface area contributed by atoms with Crippen LogP contribution in [0.1, 0.15) is 27.2 Å². The second-order valence-electron chi connectivity index (χ2n) is 3.85. The van der Waals surface area contributed by atoms with Gasteiger partial charge in [0.25, 0.3) is 0 Å². The topological polar surface area (TPSA) is 52.6 Å². The minimum Gasteiger partial charge on any atom is -0.396 e. The van der Waals surface area contributed by atoms with Crippen molar-refractivity contribution in [1.29, 1.82) is 0 Å². The first-order chi connectivity index (χ1) is 8.19. The average Bonchev–Trinajstić information content (AvgIpc) is 2.31. The van der Waals surface area contributed by atoms with Gasteiger partial charge in [-0.05, 0) is 26.8 Å². The normalized spacial score (nSPS) is 12.5. The number of aliphatic hydroxyl groups is 1. The predicted octanol–water partition coefficient (Wildman–Crippen LogP) is 0.948. The highest BCUT2D eigenvalue weighted by Gasteiger charge is 2.11. The molecular formula is C12H26N2O2S. The number of carbonyl (C=O) groups is 1. The lowest BCUT2D eigenvalue weighted by atomic mass is 10.2. The number of hydrogen-bond acceptors (Lipinski definition) is 4. The van der Waals surface area contributed by atoms with Crippen molar-refractivity contribution in [1.82, 2.24) is 10.2 Å². The van der Waals surface area contributed by atoms with Crippen LogP contribution < -0.4 is 5.32 Å². The van der Waals surface area contributed by atoms with Gasteiger partial charge in [-0.25, -0.2) is 0 Å². The third-order valence-corrected chi connectivity index (χ3v) is 3.72. The molecule has 4 nitrogen and oxygen atoms in total. The van der Waals surface area contributed by atoms with Crippen LogP contribution in [0.3, 0.4) is 0 Å². The van der Waals surface area contributed by atoms with Gasteiger partial charge in [0.15, 0.2) is 0 Å². The lowest BCUT2D eigenvalue weighted by molar-refractivity contribution is -0.127. The molecule has 0 fully saturated rings. The van der Waals surface area contributed by atoms with Crippen molar-refractivity contribution in [3.05, 3.63) is 0 Å². The summed E-state index contributed by atoms with van der Waals surface area (Å²) in [6.45, 7) is 8.71. The molecule has 0 rings (SSSR count). The van der Waals surface area contributed by atoms with E-state index in [9.17, 15) is 4.79 Å². The fraction of sp³-hybridized carbons (Fsp3) is 0.917. The summed E-state index contributed by atoms with van der Waals surface area (Å²) in [5, 5.41) is 12.2. The van der Waals surface area contributed by atoms with E-state index in [1.54, 1.807) is 11.8 Å². The van der Waals surface area contributed by atoms with Crippen LogP contribution in [-0.2, 0) is 4.79 Å². The fourth-order valence-corrected chi connectivity index (χ4v) is 2.69. The summed E-state index contributed by atoms with van der Waals surface area (Å²) < 4.78 is 0. The largest absolute Gasteiger partial charge is 0.396 e. The van der Waals surface area contributed by atoms with Gasteiger partial charge in [0.05, 0.1) is 5.75 Å². The van der Waals surface area contributed by atoms with Crippen molar-refractivity contribution < 1.29 is 9.90 Å². The summed E-state index contributed by atoms with van der Waals surface area (Å²) in [7, 11) is 0. The van der Waals surface area contributed by atoms with Gasteiger partial charge in [-0.2, -0.15) is 11.8 Å². The Labute approximate surface area is 109 Å². The lowest BCUT2D eigenvalue weighted by Gasteiger charge is -2.20. The summed E-state index contributed by atoms with van der Waals surface area (Å²) >= 11 is 1.64. The Morgan fingerprint density at radius 2 is 2.00 bits per heavy atom. The third-order valence-electron chi connectivity index (χ3n) is 2.63. The Morgan fingerprint density at radius 1 is 1.35 bits per heavy atom. The second kappa shape index (κ2) is 10.9. The van der Waals surface area contributed by atoms with Crippen LogP contribution in [0.25, 0.3) is 0 Å². The van der Waals surface area contributed by atoms with Crippen LogP contribution in [0.4, 0.5) is 0 Å². The summed E-state index contributed by atoms with van der Waals surface area (Å²) in [6.07, 6.45) is 0.750. The maximum atomic E-state index is 11.7. The number of nitrogens with one attached hydrogen (secondary N) is 1. The molecule has 5 heteroatoms. The molecule has 0 saturated heterocycles. The Kier molecular flexibility index (Phi) is 10.7. The molecule has 0 radical (unpaired) electrons. The van der Waals surface area contributed by atoms with Gasteiger partial charge >= 0.3 is 0 Å². The quantitative estimate of drug-likeness (QED) is 0.615. The van der Waals surface area contributed by atoms with Gasteiger partial charge in [0, 0.05) is 31.5 Å². The molecular weight excluding hydrogens is 236 g/mol. The number of amides is 1. The van der Waals surface area contributed by atoms with E-state index in [1.807, 2.05) is 18.7 Å². The SMILES string of the molecule is CCNC(CCO)CSCC(=O)N(CC)CC. The molecule has 0 aliphatic heterocycles. The first-order valence-corrected chi connectivity index (χ1v) is 7.54. The summed E-state index contributed by atoms with van der Waals surface area (Å²) in [6, 6.07) is 0.305. The number of hydrogen-bond donors (Lipinski definition) is 2. The van der Waals surface area contributed by atoms with Gasteiger partial charge in [-0.1, -0.05) is 6.92 Å². The zero-order valence-corrected chi connectivity index (χ0v) is 12.1. The number of carbonyl (C=O) groups excluding carboxylic acids is 1. The van der Waals surface area contributed by atoms with Crippen molar-refractivity contribution in [2.24, 2.45) is 0 Å². The maximum absolute atomic E-state index is 11.7. The van der Waals surface area contributed by atoms with Crippen LogP contribution in [0.2, 0.25) is 0 Å². The standard InChI is InChI=1S/C12H26N2O2S/c1-4-13-11(7-8-15)9-17-10-12(16)14(5-2)6-3/h11,13,15H,4-10H2,1-3H3. The maximum Gasteiger partial charge on any atom is 0.232 e. The smallest absolute Gasteiger partial charge is 0.232 e. The molecule has 0 saturated carbocycles. The Morgan fingerprint density at radius 3 is 2.47 bits per heavy atom. The van der Waals surface area contributed by atoms with Crippen molar-refractivity contribution in [2.75, 3.05) is 37.7 Å². The van der Waals surface area contributed by atoms with Crippen LogP contribution in [0, 0.1) is 0 Å². The molecule has 0 aliphatic carbocycles. The lowest BCUT2D eigenvalue weighted by Crippen LogP contribution is -2.34. The van der Waals surface area contributed by atoms with Gasteiger partial charge < -0.3 is 15.3 Å². The molecule has 0 heterocycles. The fourth-order valence-electron chi connectivity index (χ4n) is 1.64. The molecule has 1 amide bonds. The summed E-state index contributed by atoms with van der Waals surface area (Å²) in [5.41, 5.74) is 0. The van der Waals surface area contributed by atoms with Gasteiger partial charge in [-0.3, -0.25) is 4.79 Å². The zero-order valence-electron chi connectivity index (χ0n) is 11.2. The van der Waals surface area contributed by atoms with Crippen molar-refractivity contribution in [2.45, 2.75) is 33.2 Å². The van der Waals surface area contributed by atoms with Gasteiger partial charge in [0.2, 0.25) is 5.91 Å². The van der Waals surface area contributed by atoms with E-state index >= 15 is 0 Å². The molecule has 102 valence electrons. The first kappa shape index (κ1) is 16.7. The predicted molar refractivity (Wildman–Crippen MR) is 74.4 cm³/mol. The molecule has 0 aromatic rings. The Bertz CT molecular complexity index is 193. The number of aliphatic hydroxyl groups excluding tert-OH is 1. The van der Waals surface area contributed by atoms with Crippen molar-refractivity contribution in [3.63, 3.8) is 0 Å². The van der Waals surface area contributed by atoms with Crippen molar-refractivity contribution in [3.8, 4) is 0 Å². The molecule has 2 N–H and O–H groups in total. The summed E-state index contributed by atoms with van der Waals surface area (Å²) in [5.74, 6) is 1.62. The van der Waals surface area contributed by atoms with Gasteiger partial charge in [-0.15, -0.1) is 0 Å². The zero-order chi connectivity index (χ0) is 13.1. The second-order valence-corrected chi connectivity index (χ2v) is 4.88. The van der Waals surface area contributed by atoms with E-state index < -0.39 is 0 Å². The van der Waals surface area contributed by atoms with E-state index in [2.05, 4.69) is 12.2 Å². The summed E-state index contributed by atoms with van der Waals surface area (Å²) in [4.78, 5) is 13.6. The van der Waals surface area contributed by atoms with E-state index in [0.29, 0.717) is 11.8 Å². The Hall–Kier alpha value is -0.260. The third kappa shape index (κ3) is 7.63. The monoisotopic (exact) mass is 262 g/mol. The Balaban J connectivity index is 3.82. The number of nitrogens with zero attached hydrogens (tertiary/aromatic N) is 1. The minimum atomic E-state index is 0.197. The van der Waals surface area contributed by atoms with Gasteiger partial charge in [0.1, 0.15) is 0 Å².